The Bertz CT molecular complexity index is 571. The molecule has 0 aliphatic heterocycles. The van der Waals surface area contributed by atoms with Gasteiger partial charge in [-0.05, 0) is 41.5 Å². The second-order valence-electron chi connectivity index (χ2n) is 4.52. The quantitative estimate of drug-likeness (QED) is 0.794. The number of aliphatic hydroxyl groups excluding tert-OH is 1. The SMILES string of the molecule is CCCOc1ccc(-c2nnnn2CCCO)cc1OC. The second-order valence-corrected chi connectivity index (χ2v) is 4.52. The summed E-state index contributed by atoms with van der Waals surface area (Å²) in [6.45, 7) is 3.36. The number of ether oxygens (including phenoxy) is 2. The van der Waals surface area contributed by atoms with Crippen molar-refractivity contribution in [2.75, 3.05) is 20.3 Å². The van der Waals surface area contributed by atoms with Crippen molar-refractivity contribution in [1.82, 2.24) is 20.2 Å². The Balaban J connectivity index is 2.26. The van der Waals surface area contributed by atoms with Crippen molar-refractivity contribution in [3.05, 3.63) is 18.2 Å². The first kappa shape index (κ1) is 15.2. The van der Waals surface area contributed by atoms with Crippen LogP contribution in [0.2, 0.25) is 0 Å². The Morgan fingerprint density at radius 2 is 2.14 bits per heavy atom. The van der Waals surface area contributed by atoms with E-state index in [1.54, 1.807) is 11.8 Å². The number of aliphatic hydroxyl groups is 1. The first-order valence-corrected chi connectivity index (χ1v) is 6.98. The average molecular weight is 292 g/mol. The first-order valence-electron chi connectivity index (χ1n) is 6.98. The van der Waals surface area contributed by atoms with Gasteiger partial charge < -0.3 is 14.6 Å². The van der Waals surface area contributed by atoms with Crippen LogP contribution in [-0.4, -0.2) is 45.6 Å². The Morgan fingerprint density at radius 3 is 2.86 bits per heavy atom. The zero-order valence-corrected chi connectivity index (χ0v) is 12.3. The fourth-order valence-electron chi connectivity index (χ4n) is 1.92. The lowest BCUT2D eigenvalue weighted by atomic mass is 10.2. The third-order valence-electron chi connectivity index (χ3n) is 2.94. The number of aryl methyl sites for hydroxylation is 1. The lowest BCUT2D eigenvalue weighted by molar-refractivity contribution is 0.276. The predicted octanol–water partition coefficient (Wildman–Crippen LogP) is 1.52. The highest BCUT2D eigenvalue weighted by molar-refractivity contribution is 5.60. The van der Waals surface area contributed by atoms with E-state index in [1.807, 2.05) is 18.2 Å². The van der Waals surface area contributed by atoms with Crippen molar-refractivity contribution in [2.45, 2.75) is 26.3 Å². The Kier molecular flexibility index (Phi) is 5.51. The minimum atomic E-state index is 0.104. The van der Waals surface area contributed by atoms with E-state index in [9.17, 15) is 0 Å². The fourth-order valence-corrected chi connectivity index (χ4v) is 1.92. The largest absolute Gasteiger partial charge is 0.493 e. The van der Waals surface area contributed by atoms with Crippen LogP contribution in [0.15, 0.2) is 18.2 Å². The van der Waals surface area contributed by atoms with Crippen LogP contribution in [0.4, 0.5) is 0 Å². The van der Waals surface area contributed by atoms with E-state index >= 15 is 0 Å². The molecule has 0 fully saturated rings. The molecule has 0 bridgehead atoms. The maximum Gasteiger partial charge on any atom is 0.182 e. The molecule has 0 spiro atoms. The molecule has 1 heterocycles. The van der Waals surface area contributed by atoms with Gasteiger partial charge in [0.05, 0.1) is 13.7 Å². The molecule has 0 aliphatic rings. The van der Waals surface area contributed by atoms with Crippen LogP contribution in [0.1, 0.15) is 19.8 Å². The van der Waals surface area contributed by atoms with Crippen LogP contribution in [0, 0.1) is 0 Å². The van der Waals surface area contributed by atoms with Gasteiger partial charge in [0.25, 0.3) is 0 Å². The maximum atomic E-state index is 8.91. The summed E-state index contributed by atoms with van der Waals surface area (Å²) in [6.07, 6.45) is 1.54. The number of hydrogen-bond acceptors (Lipinski definition) is 6. The van der Waals surface area contributed by atoms with E-state index in [2.05, 4.69) is 22.4 Å². The number of methoxy groups -OCH3 is 1. The average Bonchev–Trinajstić information content (AvgIpc) is 2.99. The van der Waals surface area contributed by atoms with Gasteiger partial charge in [-0.25, -0.2) is 4.68 Å². The monoisotopic (exact) mass is 292 g/mol. The van der Waals surface area contributed by atoms with Crippen molar-refractivity contribution in [1.29, 1.82) is 0 Å². The van der Waals surface area contributed by atoms with Crippen LogP contribution < -0.4 is 9.47 Å². The molecule has 2 rings (SSSR count). The highest BCUT2D eigenvalue weighted by Gasteiger charge is 2.12. The molecule has 0 radical (unpaired) electrons. The molecule has 0 amide bonds. The molecular weight excluding hydrogens is 272 g/mol. The molecule has 1 aromatic heterocycles. The van der Waals surface area contributed by atoms with Gasteiger partial charge in [0.2, 0.25) is 0 Å². The molecule has 1 N–H and O–H groups in total. The van der Waals surface area contributed by atoms with Crippen LogP contribution >= 0.6 is 0 Å². The predicted molar refractivity (Wildman–Crippen MR) is 77.3 cm³/mol. The third-order valence-corrected chi connectivity index (χ3v) is 2.94. The second kappa shape index (κ2) is 7.58. The fraction of sp³-hybridized carbons (Fsp3) is 0.500. The number of rotatable bonds is 8. The Hall–Kier alpha value is -2.15. The van der Waals surface area contributed by atoms with Crippen LogP contribution in [0.5, 0.6) is 11.5 Å². The van der Waals surface area contributed by atoms with Crippen molar-refractivity contribution >= 4 is 0 Å². The number of benzene rings is 1. The summed E-state index contributed by atoms with van der Waals surface area (Å²) in [5.74, 6) is 2.00. The van der Waals surface area contributed by atoms with Gasteiger partial charge in [0.1, 0.15) is 0 Å². The molecular formula is C14H20N4O3. The summed E-state index contributed by atoms with van der Waals surface area (Å²) in [6, 6.07) is 5.61. The van der Waals surface area contributed by atoms with Gasteiger partial charge in [0.15, 0.2) is 17.3 Å². The topological polar surface area (TPSA) is 82.3 Å². The molecule has 7 nitrogen and oxygen atoms in total. The number of nitrogens with zero attached hydrogens (tertiary/aromatic N) is 4. The first-order chi connectivity index (χ1) is 10.3. The van der Waals surface area contributed by atoms with Crippen molar-refractivity contribution in [3.63, 3.8) is 0 Å². The van der Waals surface area contributed by atoms with Crippen molar-refractivity contribution in [3.8, 4) is 22.9 Å². The van der Waals surface area contributed by atoms with E-state index in [0.717, 1.165) is 12.0 Å². The number of aromatic nitrogens is 4. The molecule has 0 atom stereocenters. The number of hydrogen-bond donors (Lipinski definition) is 1. The van der Waals surface area contributed by atoms with Gasteiger partial charge in [-0.2, -0.15) is 0 Å². The summed E-state index contributed by atoms with van der Waals surface area (Å²) < 4.78 is 12.7. The Labute approximate surface area is 123 Å². The van der Waals surface area contributed by atoms with Gasteiger partial charge >= 0.3 is 0 Å². The van der Waals surface area contributed by atoms with E-state index in [0.29, 0.717) is 36.9 Å². The summed E-state index contributed by atoms with van der Waals surface area (Å²) in [5.41, 5.74) is 0.846. The van der Waals surface area contributed by atoms with Gasteiger partial charge in [0, 0.05) is 18.7 Å². The maximum absolute atomic E-state index is 8.91. The molecule has 2 aromatic rings. The minimum absolute atomic E-state index is 0.104. The van der Waals surface area contributed by atoms with E-state index in [1.165, 1.54) is 0 Å². The number of tetrazole rings is 1. The summed E-state index contributed by atoms with van der Waals surface area (Å²) in [5, 5.41) is 20.6. The van der Waals surface area contributed by atoms with Crippen molar-refractivity contribution < 1.29 is 14.6 Å². The summed E-state index contributed by atoms with van der Waals surface area (Å²) in [4.78, 5) is 0. The smallest absolute Gasteiger partial charge is 0.182 e. The third kappa shape index (κ3) is 3.69. The van der Waals surface area contributed by atoms with Crippen LogP contribution in [-0.2, 0) is 6.54 Å². The van der Waals surface area contributed by atoms with E-state index in [-0.39, 0.29) is 6.61 Å². The van der Waals surface area contributed by atoms with Gasteiger partial charge in [-0.3, -0.25) is 0 Å². The van der Waals surface area contributed by atoms with Gasteiger partial charge in [-0.1, -0.05) is 6.92 Å². The molecule has 21 heavy (non-hydrogen) atoms. The zero-order chi connectivity index (χ0) is 15.1. The van der Waals surface area contributed by atoms with Crippen LogP contribution in [0.25, 0.3) is 11.4 Å². The highest BCUT2D eigenvalue weighted by Crippen LogP contribution is 2.31. The lowest BCUT2D eigenvalue weighted by Crippen LogP contribution is -2.05. The standard InChI is InChI=1S/C14H20N4O3/c1-3-9-21-12-6-5-11(10-13(12)20-2)14-15-16-17-18(14)7-4-8-19/h5-6,10,19H,3-4,7-9H2,1-2H3. The normalized spacial score (nSPS) is 10.6. The van der Waals surface area contributed by atoms with E-state index < -0.39 is 0 Å². The van der Waals surface area contributed by atoms with Gasteiger partial charge in [-0.15, -0.1) is 5.10 Å². The molecule has 0 saturated heterocycles. The zero-order valence-electron chi connectivity index (χ0n) is 12.3. The van der Waals surface area contributed by atoms with E-state index in [4.69, 9.17) is 14.6 Å². The Morgan fingerprint density at radius 1 is 1.29 bits per heavy atom. The molecule has 7 heteroatoms. The molecule has 0 aliphatic carbocycles. The molecule has 0 saturated carbocycles. The molecule has 114 valence electrons. The van der Waals surface area contributed by atoms with Crippen molar-refractivity contribution in [2.24, 2.45) is 0 Å². The van der Waals surface area contributed by atoms with Crippen LogP contribution in [0.3, 0.4) is 0 Å². The molecule has 0 unspecified atom stereocenters. The highest BCUT2D eigenvalue weighted by atomic mass is 16.5. The summed E-state index contributed by atoms with van der Waals surface area (Å²) >= 11 is 0. The summed E-state index contributed by atoms with van der Waals surface area (Å²) in [7, 11) is 1.60. The lowest BCUT2D eigenvalue weighted by Gasteiger charge is -2.11. The molecule has 1 aromatic carbocycles. The minimum Gasteiger partial charge on any atom is -0.493 e.